The van der Waals surface area contributed by atoms with Gasteiger partial charge in [-0.3, -0.25) is 9.59 Å². The van der Waals surface area contributed by atoms with Crippen LogP contribution in [-0.4, -0.2) is 42.9 Å². The first-order chi connectivity index (χ1) is 11.2. The zero-order valence-corrected chi connectivity index (χ0v) is 12.9. The topological polar surface area (TPSA) is 89.4 Å². The third kappa shape index (κ3) is 3.29. The Kier molecular flexibility index (Phi) is 4.48. The van der Waals surface area contributed by atoms with Gasteiger partial charge in [-0.2, -0.15) is 0 Å². The van der Waals surface area contributed by atoms with Gasteiger partial charge in [-0.05, 0) is 48.6 Å². The Bertz CT molecular complexity index is 645. The summed E-state index contributed by atoms with van der Waals surface area (Å²) in [7, 11) is 0. The number of hydrogen-bond donors (Lipinski definition) is 0. The Morgan fingerprint density at radius 1 is 1.26 bits per heavy atom. The fourth-order valence-electron chi connectivity index (χ4n) is 3.19. The number of nitrogens with zero attached hydrogens (tertiary/aromatic N) is 5. The van der Waals surface area contributed by atoms with Gasteiger partial charge in [0.15, 0.2) is 0 Å². The molecule has 2 aliphatic heterocycles. The summed E-state index contributed by atoms with van der Waals surface area (Å²) in [6.07, 6.45) is 2.53. The molecule has 2 heterocycles. The summed E-state index contributed by atoms with van der Waals surface area (Å²) in [5.74, 6) is 0.147. The lowest BCUT2D eigenvalue weighted by atomic mass is 10.1. The van der Waals surface area contributed by atoms with Crippen LogP contribution >= 0.6 is 0 Å². The summed E-state index contributed by atoms with van der Waals surface area (Å²) in [5, 5.41) is 3.55. The average Bonchev–Trinajstić information content (AvgIpc) is 3.22. The highest BCUT2D eigenvalue weighted by molar-refractivity contribution is 5.97. The first kappa shape index (κ1) is 15.4. The highest BCUT2D eigenvalue weighted by atomic mass is 16.2. The standard InChI is InChI=1S/C16H19N5O2/c17-19-18-10-12-9-15(22)21(11-12)14-5-3-13(4-6-14)16(23)20-7-1-2-8-20/h3-6,12H,1-2,7-11H2. The van der Waals surface area contributed by atoms with E-state index in [4.69, 9.17) is 5.53 Å². The van der Waals surface area contributed by atoms with Crippen LogP contribution in [0.5, 0.6) is 0 Å². The lowest BCUT2D eigenvalue weighted by molar-refractivity contribution is -0.117. The van der Waals surface area contributed by atoms with E-state index in [2.05, 4.69) is 10.0 Å². The van der Waals surface area contributed by atoms with Gasteiger partial charge < -0.3 is 9.80 Å². The largest absolute Gasteiger partial charge is 0.339 e. The minimum atomic E-state index is 0.0294. The zero-order chi connectivity index (χ0) is 16.2. The maximum absolute atomic E-state index is 12.3. The van der Waals surface area contributed by atoms with Crippen LogP contribution in [0.4, 0.5) is 5.69 Å². The molecular formula is C16H19N5O2. The molecule has 2 fully saturated rings. The number of azide groups is 1. The van der Waals surface area contributed by atoms with Gasteiger partial charge >= 0.3 is 0 Å². The molecule has 7 nitrogen and oxygen atoms in total. The van der Waals surface area contributed by atoms with Crippen molar-refractivity contribution < 1.29 is 9.59 Å². The first-order valence-electron chi connectivity index (χ1n) is 7.89. The maximum atomic E-state index is 12.3. The highest BCUT2D eigenvalue weighted by Gasteiger charge is 2.30. The number of likely N-dealkylation sites (tertiary alicyclic amines) is 1. The molecule has 0 aromatic heterocycles. The molecule has 2 aliphatic rings. The molecule has 23 heavy (non-hydrogen) atoms. The van der Waals surface area contributed by atoms with Crippen molar-refractivity contribution in [3.05, 3.63) is 40.3 Å². The second-order valence-electron chi connectivity index (χ2n) is 6.03. The van der Waals surface area contributed by atoms with Crippen molar-refractivity contribution in [3.63, 3.8) is 0 Å². The van der Waals surface area contributed by atoms with Gasteiger partial charge in [-0.25, -0.2) is 0 Å². The minimum absolute atomic E-state index is 0.0294. The van der Waals surface area contributed by atoms with Gasteiger partial charge in [0.25, 0.3) is 5.91 Å². The maximum Gasteiger partial charge on any atom is 0.253 e. The molecule has 1 atom stereocenters. The lowest BCUT2D eigenvalue weighted by Gasteiger charge is -2.18. The number of anilines is 1. The molecule has 1 aromatic rings. The van der Waals surface area contributed by atoms with Gasteiger partial charge in [0.05, 0.1) is 0 Å². The number of carbonyl (C=O) groups excluding carboxylic acids is 2. The van der Waals surface area contributed by atoms with E-state index in [-0.39, 0.29) is 17.7 Å². The molecule has 0 N–H and O–H groups in total. The van der Waals surface area contributed by atoms with E-state index in [1.165, 1.54) is 0 Å². The number of carbonyl (C=O) groups is 2. The van der Waals surface area contributed by atoms with E-state index >= 15 is 0 Å². The Morgan fingerprint density at radius 2 is 1.96 bits per heavy atom. The van der Waals surface area contributed by atoms with Crippen molar-refractivity contribution in [2.75, 3.05) is 31.1 Å². The fourth-order valence-corrected chi connectivity index (χ4v) is 3.19. The minimum Gasteiger partial charge on any atom is -0.339 e. The number of hydrogen-bond acceptors (Lipinski definition) is 3. The third-order valence-corrected chi connectivity index (χ3v) is 4.43. The molecule has 2 saturated heterocycles. The quantitative estimate of drug-likeness (QED) is 0.486. The van der Waals surface area contributed by atoms with Crippen LogP contribution in [0.3, 0.4) is 0 Å². The summed E-state index contributed by atoms with van der Waals surface area (Å²) in [6.45, 7) is 2.54. The second-order valence-corrected chi connectivity index (χ2v) is 6.03. The van der Waals surface area contributed by atoms with Crippen molar-refractivity contribution in [1.29, 1.82) is 0 Å². The van der Waals surface area contributed by atoms with Crippen LogP contribution in [0.25, 0.3) is 10.4 Å². The van der Waals surface area contributed by atoms with Crippen LogP contribution in [-0.2, 0) is 4.79 Å². The number of amides is 2. The van der Waals surface area contributed by atoms with Crippen molar-refractivity contribution >= 4 is 17.5 Å². The molecule has 1 unspecified atom stereocenters. The Hall–Kier alpha value is -2.53. The van der Waals surface area contributed by atoms with Crippen LogP contribution in [0.15, 0.2) is 29.4 Å². The summed E-state index contributed by atoms with van der Waals surface area (Å²) < 4.78 is 0. The second kappa shape index (κ2) is 6.71. The molecule has 2 amide bonds. The molecular weight excluding hydrogens is 294 g/mol. The average molecular weight is 313 g/mol. The molecule has 0 aliphatic carbocycles. The van der Waals surface area contributed by atoms with Gasteiger partial charge in [-0.1, -0.05) is 5.11 Å². The molecule has 0 radical (unpaired) electrons. The van der Waals surface area contributed by atoms with Crippen molar-refractivity contribution in [2.24, 2.45) is 11.0 Å². The summed E-state index contributed by atoms with van der Waals surface area (Å²) in [6, 6.07) is 7.20. The normalized spacial score (nSPS) is 20.7. The predicted molar refractivity (Wildman–Crippen MR) is 86.1 cm³/mol. The number of rotatable bonds is 4. The molecule has 120 valence electrons. The SMILES string of the molecule is [N-]=[N+]=NCC1CC(=O)N(c2ccc(C(=O)N3CCCC3)cc2)C1. The van der Waals surface area contributed by atoms with E-state index in [1.54, 1.807) is 17.0 Å². The first-order valence-corrected chi connectivity index (χ1v) is 7.89. The van der Waals surface area contributed by atoms with Crippen LogP contribution in [0.1, 0.15) is 29.6 Å². The monoisotopic (exact) mass is 313 g/mol. The third-order valence-electron chi connectivity index (χ3n) is 4.43. The van der Waals surface area contributed by atoms with Gasteiger partial charge in [-0.15, -0.1) is 0 Å². The van der Waals surface area contributed by atoms with Gasteiger partial charge in [0.2, 0.25) is 5.91 Å². The van der Waals surface area contributed by atoms with E-state index in [0.717, 1.165) is 31.6 Å². The predicted octanol–water partition coefficient (Wildman–Crippen LogP) is 2.59. The number of benzene rings is 1. The smallest absolute Gasteiger partial charge is 0.253 e. The van der Waals surface area contributed by atoms with Crippen molar-refractivity contribution in [2.45, 2.75) is 19.3 Å². The Morgan fingerprint density at radius 3 is 2.61 bits per heavy atom. The van der Waals surface area contributed by atoms with Crippen molar-refractivity contribution in [3.8, 4) is 0 Å². The molecule has 1 aromatic carbocycles. The summed E-state index contributed by atoms with van der Waals surface area (Å²) in [5.41, 5.74) is 9.82. The molecule has 0 bridgehead atoms. The Labute approximate surface area is 134 Å². The highest BCUT2D eigenvalue weighted by Crippen LogP contribution is 2.26. The van der Waals surface area contributed by atoms with Crippen molar-refractivity contribution in [1.82, 2.24) is 4.90 Å². The van der Waals surface area contributed by atoms with E-state index in [1.807, 2.05) is 17.0 Å². The van der Waals surface area contributed by atoms with E-state index < -0.39 is 0 Å². The van der Waals surface area contributed by atoms with Gasteiger partial charge in [0.1, 0.15) is 0 Å². The molecule has 7 heteroatoms. The van der Waals surface area contributed by atoms with Crippen LogP contribution < -0.4 is 4.90 Å². The molecule has 0 spiro atoms. The zero-order valence-electron chi connectivity index (χ0n) is 12.9. The summed E-state index contributed by atoms with van der Waals surface area (Å²) in [4.78, 5) is 30.7. The van der Waals surface area contributed by atoms with Crippen LogP contribution in [0, 0.1) is 5.92 Å². The Balaban J connectivity index is 1.68. The van der Waals surface area contributed by atoms with E-state index in [0.29, 0.717) is 25.1 Å². The fraction of sp³-hybridized carbons (Fsp3) is 0.500. The van der Waals surface area contributed by atoms with Gasteiger partial charge in [0, 0.05) is 48.8 Å². The molecule has 3 rings (SSSR count). The summed E-state index contributed by atoms with van der Waals surface area (Å²) >= 11 is 0. The van der Waals surface area contributed by atoms with E-state index in [9.17, 15) is 9.59 Å². The lowest BCUT2D eigenvalue weighted by Crippen LogP contribution is -2.28. The van der Waals surface area contributed by atoms with Crippen LogP contribution in [0.2, 0.25) is 0 Å². The molecule has 0 saturated carbocycles.